The average Bonchev–Trinajstić information content (AvgIpc) is 2.39. The molecule has 112 valence electrons. The summed E-state index contributed by atoms with van der Waals surface area (Å²) in [6.45, 7) is 10.9. The van der Waals surface area contributed by atoms with E-state index >= 15 is 0 Å². The Bertz CT molecular complexity index is 274. The Morgan fingerprint density at radius 2 is 1.89 bits per heavy atom. The number of hydrogen-bond donors (Lipinski definition) is 1. The molecule has 1 heterocycles. The van der Waals surface area contributed by atoms with Crippen molar-refractivity contribution in [1.29, 1.82) is 0 Å². The second-order valence-electron chi connectivity index (χ2n) is 7.01. The molecule has 2 rings (SSSR count). The minimum atomic E-state index is 0.446. The maximum atomic E-state index is 3.94. The number of rotatable bonds is 4. The maximum absolute atomic E-state index is 3.94. The Labute approximate surface area is 124 Å². The van der Waals surface area contributed by atoms with Crippen molar-refractivity contribution in [3.05, 3.63) is 0 Å². The molecular weight excluding hydrogens is 252 g/mol. The van der Waals surface area contributed by atoms with Gasteiger partial charge in [-0.25, -0.2) is 0 Å². The number of piperazine rings is 1. The first-order valence-electron chi connectivity index (χ1n) is 8.08. The summed E-state index contributed by atoms with van der Waals surface area (Å²) in [4.78, 5) is 2.80. The Morgan fingerprint density at radius 1 is 1.21 bits per heavy atom. The summed E-state index contributed by atoms with van der Waals surface area (Å²) in [5, 5.41) is 4.69. The van der Waals surface area contributed by atoms with Crippen LogP contribution >= 0.6 is 11.8 Å². The highest BCUT2D eigenvalue weighted by molar-refractivity contribution is 7.99. The first-order chi connectivity index (χ1) is 9.06. The highest BCUT2D eigenvalue weighted by Crippen LogP contribution is 2.33. The molecular formula is C16H32N2S. The van der Waals surface area contributed by atoms with Crippen LogP contribution in [0.25, 0.3) is 0 Å². The molecule has 19 heavy (non-hydrogen) atoms. The lowest BCUT2D eigenvalue weighted by Crippen LogP contribution is -2.66. The van der Waals surface area contributed by atoms with Crippen molar-refractivity contribution >= 4 is 11.8 Å². The van der Waals surface area contributed by atoms with Crippen LogP contribution in [0.1, 0.15) is 52.9 Å². The third-order valence-corrected chi connectivity index (χ3v) is 6.09. The SMILES string of the molecule is CSC(C)CN1CC2(CCCCC2)NCC1C(C)C. The standard InChI is InChI=1S/C16H32N2S/c1-13(2)15-10-17-16(8-6-5-7-9-16)12-18(15)11-14(3)19-4/h13-15,17H,5-12H2,1-4H3. The molecule has 1 aliphatic heterocycles. The fraction of sp³-hybridized carbons (Fsp3) is 1.00. The second-order valence-corrected chi connectivity index (χ2v) is 8.29. The first kappa shape index (κ1) is 15.7. The molecule has 2 aliphatic rings. The highest BCUT2D eigenvalue weighted by atomic mass is 32.2. The summed E-state index contributed by atoms with van der Waals surface area (Å²) in [5.41, 5.74) is 0.446. The van der Waals surface area contributed by atoms with Gasteiger partial charge in [0.1, 0.15) is 0 Å². The van der Waals surface area contributed by atoms with Gasteiger partial charge in [-0.15, -0.1) is 0 Å². The van der Waals surface area contributed by atoms with Crippen molar-refractivity contribution in [2.75, 3.05) is 25.9 Å². The molecule has 2 nitrogen and oxygen atoms in total. The van der Waals surface area contributed by atoms with E-state index in [9.17, 15) is 0 Å². The fourth-order valence-corrected chi connectivity index (χ4v) is 4.18. The monoisotopic (exact) mass is 284 g/mol. The third-order valence-electron chi connectivity index (χ3n) is 5.14. The van der Waals surface area contributed by atoms with E-state index in [-0.39, 0.29) is 0 Å². The Kier molecular flexibility index (Phi) is 5.62. The zero-order valence-electron chi connectivity index (χ0n) is 13.2. The van der Waals surface area contributed by atoms with Gasteiger partial charge in [-0.1, -0.05) is 40.0 Å². The van der Waals surface area contributed by atoms with E-state index in [0.29, 0.717) is 5.54 Å². The highest BCUT2D eigenvalue weighted by Gasteiger charge is 2.40. The van der Waals surface area contributed by atoms with Crippen molar-refractivity contribution in [3.63, 3.8) is 0 Å². The van der Waals surface area contributed by atoms with Crippen LogP contribution in [0.3, 0.4) is 0 Å². The fourth-order valence-electron chi connectivity index (χ4n) is 3.84. The van der Waals surface area contributed by atoms with E-state index < -0.39 is 0 Å². The normalized spacial score (nSPS) is 29.8. The molecule has 1 spiro atoms. The van der Waals surface area contributed by atoms with Crippen molar-refractivity contribution < 1.29 is 0 Å². The summed E-state index contributed by atoms with van der Waals surface area (Å²) in [7, 11) is 0. The maximum Gasteiger partial charge on any atom is 0.0309 e. The molecule has 0 aromatic rings. The molecule has 0 bridgehead atoms. The van der Waals surface area contributed by atoms with Gasteiger partial charge in [-0.2, -0.15) is 11.8 Å². The van der Waals surface area contributed by atoms with E-state index in [4.69, 9.17) is 0 Å². The summed E-state index contributed by atoms with van der Waals surface area (Å²) >= 11 is 2.01. The van der Waals surface area contributed by atoms with Crippen LogP contribution < -0.4 is 5.32 Å². The van der Waals surface area contributed by atoms with E-state index in [2.05, 4.69) is 37.2 Å². The molecule has 0 radical (unpaired) electrons. The zero-order chi connectivity index (χ0) is 13.9. The van der Waals surface area contributed by atoms with Crippen molar-refractivity contribution in [1.82, 2.24) is 10.2 Å². The van der Waals surface area contributed by atoms with Crippen molar-refractivity contribution in [3.8, 4) is 0 Å². The molecule has 1 saturated heterocycles. The molecule has 2 fully saturated rings. The lowest BCUT2D eigenvalue weighted by Gasteiger charge is -2.51. The van der Waals surface area contributed by atoms with Gasteiger partial charge in [-0.05, 0) is 25.0 Å². The van der Waals surface area contributed by atoms with Gasteiger partial charge in [0.15, 0.2) is 0 Å². The first-order valence-corrected chi connectivity index (χ1v) is 9.37. The molecule has 3 heteroatoms. The predicted octanol–water partition coefficient (Wildman–Crippen LogP) is 3.37. The van der Waals surface area contributed by atoms with E-state index in [0.717, 1.165) is 17.2 Å². The molecule has 0 amide bonds. The number of nitrogens with one attached hydrogen (secondary N) is 1. The number of hydrogen-bond acceptors (Lipinski definition) is 3. The largest absolute Gasteiger partial charge is 0.308 e. The molecule has 0 aromatic carbocycles. The van der Waals surface area contributed by atoms with E-state index in [1.807, 2.05) is 11.8 Å². The van der Waals surface area contributed by atoms with Crippen LogP contribution in [0.4, 0.5) is 0 Å². The second kappa shape index (κ2) is 6.82. The van der Waals surface area contributed by atoms with Crippen LogP contribution in [0, 0.1) is 5.92 Å². The van der Waals surface area contributed by atoms with Crippen LogP contribution in [-0.2, 0) is 0 Å². The molecule has 2 atom stereocenters. The van der Waals surface area contributed by atoms with Gasteiger partial charge < -0.3 is 5.32 Å². The van der Waals surface area contributed by atoms with Gasteiger partial charge in [0, 0.05) is 36.5 Å². The zero-order valence-corrected chi connectivity index (χ0v) is 14.1. The summed E-state index contributed by atoms with van der Waals surface area (Å²) in [6.07, 6.45) is 9.31. The lowest BCUT2D eigenvalue weighted by atomic mass is 9.78. The summed E-state index contributed by atoms with van der Waals surface area (Å²) in [6, 6.07) is 0.724. The van der Waals surface area contributed by atoms with Crippen molar-refractivity contribution in [2.45, 2.75) is 69.7 Å². The van der Waals surface area contributed by atoms with E-state index in [1.54, 1.807) is 0 Å². The molecule has 1 N–H and O–H groups in total. The number of nitrogens with zero attached hydrogens (tertiary/aromatic N) is 1. The quantitative estimate of drug-likeness (QED) is 0.852. The van der Waals surface area contributed by atoms with Crippen LogP contribution in [0.2, 0.25) is 0 Å². The Hall–Kier alpha value is 0.270. The van der Waals surface area contributed by atoms with Gasteiger partial charge >= 0.3 is 0 Å². The molecule has 1 aliphatic carbocycles. The minimum Gasteiger partial charge on any atom is -0.308 e. The minimum absolute atomic E-state index is 0.446. The number of thioether (sulfide) groups is 1. The van der Waals surface area contributed by atoms with Crippen LogP contribution in [0.5, 0.6) is 0 Å². The van der Waals surface area contributed by atoms with Crippen molar-refractivity contribution in [2.24, 2.45) is 5.92 Å². The third kappa shape index (κ3) is 3.89. The Morgan fingerprint density at radius 3 is 2.47 bits per heavy atom. The topological polar surface area (TPSA) is 15.3 Å². The van der Waals surface area contributed by atoms with E-state index in [1.165, 1.54) is 51.7 Å². The molecule has 2 unspecified atom stereocenters. The smallest absolute Gasteiger partial charge is 0.0309 e. The molecule has 0 aromatic heterocycles. The lowest BCUT2D eigenvalue weighted by molar-refractivity contribution is 0.0377. The average molecular weight is 285 g/mol. The molecule has 1 saturated carbocycles. The van der Waals surface area contributed by atoms with Gasteiger partial charge in [0.05, 0.1) is 0 Å². The predicted molar refractivity (Wildman–Crippen MR) is 87.0 cm³/mol. The van der Waals surface area contributed by atoms with Gasteiger partial charge in [-0.3, -0.25) is 4.90 Å². The van der Waals surface area contributed by atoms with Gasteiger partial charge in [0.2, 0.25) is 0 Å². The van der Waals surface area contributed by atoms with Crippen LogP contribution in [0.15, 0.2) is 0 Å². The summed E-state index contributed by atoms with van der Waals surface area (Å²) in [5.74, 6) is 0.752. The van der Waals surface area contributed by atoms with Gasteiger partial charge in [0.25, 0.3) is 0 Å². The Balaban J connectivity index is 2.03. The van der Waals surface area contributed by atoms with Crippen LogP contribution in [-0.4, -0.2) is 47.6 Å². The summed E-state index contributed by atoms with van der Waals surface area (Å²) < 4.78 is 0.